The third-order valence-corrected chi connectivity index (χ3v) is 13.6. The number of H-pyrrole nitrogens is 2. The van der Waals surface area contributed by atoms with Gasteiger partial charge in [-0.15, -0.1) is 0 Å². The molecule has 2 aliphatic heterocycles. The number of phenolic OH excluding ortho intramolecular Hbond substituents is 1. The Morgan fingerprint density at radius 3 is 1.98 bits per heavy atom. The Bertz CT molecular complexity index is 2910. The fourth-order valence-corrected chi connectivity index (χ4v) is 9.53. The fourth-order valence-electron chi connectivity index (χ4n) is 9.53. The van der Waals surface area contributed by atoms with Crippen LogP contribution in [0.3, 0.4) is 0 Å². The Hall–Kier alpha value is -9.08. The van der Waals surface area contributed by atoms with Crippen molar-refractivity contribution in [3.63, 3.8) is 0 Å². The SMILES string of the molecule is CC(=O)O.CCNC(=O)[C@@H]1CCCN1C(=O)C(CCCN=C(N)N)NC(=O)C(CC(C)C)NC(=O)C(Cc1ccc(O)cc1)NC(=O)C(CO)NC(=O)C(Cc1c[nH]c2ccccc12)NC(=O)C(Cc1cnc[nH]1)NC(=O)[C@@H]1CCC(=O)N1. The van der Waals surface area contributed by atoms with Crippen LogP contribution in [0.15, 0.2) is 72.2 Å². The predicted octanol–water partition coefficient (Wildman–Crippen LogP) is -1.88. The molecule has 450 valence electrons. The van der Waals surface area contributed by atoms with Crippen molar-refractivity contribution in [2.24, 2.45) is 22.4 Å². The van der Waals surface area contributed by atoms with E-state index in [1.165, 1.54) is 41.7 Å². The number of rotatable bonds is 28. The summed E-state index contributed by atoms with van der Waals surface area (Å²) in [7, 11) is 0. The zero-order chi connectivity index (χ0) is 60.8. The molecule has 0 radical (unpaired) electrons. The van der Waals surface area contributed by atoms with Gasteiger partial charge in [-0.05, 0) is 80.7 Å². The topological polar surface area (TPSA) is 440 Å². The number of nitrogens with one attached hydrogen (secondary N) is 10. The van der Waals surface area contributed by atoms with Crippen LogP contribution in [0, 0.1) is 5.92 Å². The number of amides is 9. The highest BCUT2D eigenvalue weighted by atomic mass is 16.4. The first-order chi connectivity index (χ1) is 39.6. The number of aromatic nitrogens is 3. The number of nitrogens with two attached hydrogens (primary N) is 2. The number of phenols is 1. The number of likely N-dealkylation sites (N-methyl/N-ethyl adjacent to an activating group) is 1. The molecule has 0 bridgehead atoms. The van der Waals surface area contributed by atoms with Crippen LogP contribution in [0.5, 0.6) is 5.75 Å². The maximum Gasteiger partial charge on any atom is 0.300 e. The molecule has 4 aromatic rings. The van der Waals surface area contributed by atoms with Crippen LogP contribution >= 0.6 is 0 Å². The van der Waals surface area contributed by atoms with Crippen molar-refractivity contribution < 1.29 is 63.3 Å². The lowest BCUT2D eigenvalue weighted by molar-refractivity contribution is -0.142. The number of aliphatic carboxylic acids is 1. The van der Waals surface area contributed by atoms with Gasteiger partial charge in [-0.2, -0.15) is 0 Å². The van der Waals surface area contributed by atoms with E-state index in [-0.39, 0.29) is 93.9 Å². The molecule has 2 aromatic heterocycles. The molecule has 6 rings (SSSR count). The second-order valence-corrected chi connectivity index (χ2v) is 20.6. The number of hydrogen-bond donors (Lipinski definition) is 15. The molecule has 28 heteroatoms. The number of imidazole rings is 1. The van der Waals surface area contributed by atoms with Crippen molar-refractivity contribution in [2.45, 2.75) is 140 Å². The number of carbonyl (C=O) groups excluding carboxylic acids is 9. The van der Waals surface area contributed by atoms with Crippen LogP contribution in [0.4, 0.5) is 0 Å². The summed E-state index contributed by atoms with van der Waals surface area (Å²) in [6, 6.07) is 2.96. The van der Waals surface area contributed by atoms with E-state index < -0.39 is 102 Å². The first-order valence-corrected chi connectivity index (χ1v) is 27.4. The van der Waals surface area contributed by atoms with Gasteiger partial charge in [0.05, 0.1) is 12.9 Å². The average Bonchev–Trinajstić information content (AvgIpc) is 4.40. The molecular weight excluding hydrogens is 1080 g/mol. The number of likely N-dealkylation sites (tertiary alicyclic amines) is 1. The molecule has 8 atom stereocenters. The zero-order valence-corrected chi connectivity index (χ0v) is 46.9. The molecule has 2 aliphatic rings. The number of guanidine groups is 1. The van der Waals surface area contributed by atoms with Gasteiger partial charge in [0.25, 0.3) is 5.97 Å². The molecule has 2 saturated heterocycles. The number of hydrogen-bond acceptors (Lipinski definition) is 14. The van der Waals surface area contributed by atoms with Crippen molar-refractivity contribution in [2.75, 3.05) is 26.2 Å². The lowest BCUT2D eigenvalue weighted by atomic mass is 10.00. The van der Waals surface area contributed by atoms with Gasteiger partial charge in [0, 0.05) is 81.2 Å². The average molecular weight is 1160 g/mol. The summed E-state index contributed by atoms with van der Waals surface area (Å²) in [4.78, 5) is 149. The van der Waals surface area contributed by atoms with Crippen molar-refractivity contribution >= 4 is 76.0 Å². The second kappa shape index (κ2) is 31.8. The third kappa shape index (κ3) is 20.1. The summed E-state index contributed by atoms with van der Waals surface area (Å²) in [5, 5.41) is 50.3. The highest BCUT2D eigenvalue weighted by Gasteiger charge is 2.39. The van der Waals surface area contributed by atoms with Gasteiger partial charge < -0.3 is 84.2 Å². The van der Waals surface area contributed by atoms with Crippen LogP contribution in [0.1, 0.15) is 89.5 Å². The van der Waals surface area contributed by atoms with E-state index in [4.69, 9.17) is 21.4 Å². The summed E-state index contributed by atoms with van der Waals surface area (Å²) < 4.78 is 0. The minimum absolute atomic E-state index is 0.0695. The summed E-state index contributed by atoms with van der Waals surface area (Å²) in [6.07, 6.45) is 5.77. The Labute approximate surface area is 478 Å². The molecule has 2 aromatic carbocycles. The smallest absolute Gasteiger partial charge is 0.300 e. The summed E-state index contributed by atoms with van der Waals surface area (Å²) >= 11 is 0. The van der Waals surface area contributed by atoms with Crippen molar-refractivity contribution in [3.05, 3.63) is 84.1 Å². The standard InChI is InChI=1S/C53H73N15O11.C2H4O2/c1-4-57-51(78)43-12-8-20-68(43)52(79)37(11-7-19-58-53(54)55)62-46(73)38(21-29(2)3)63-47(74)39(22-30-13-15-33(70)16-14-30)64-50(77)42(27-69)67-48(75)40(23-31-25-59-35-10-6-5-9-34(31)35)65-49(76)41(24-32-26-56-28-60-32)66-45(72)36-17-18-44(71)61-36;1-2(3)4/h5-6,9-10,13-16,25-26,28-29,36-43,59,69-70H,4,7-8,11-12,17-24,27H2,1-3H3,(H,56,60)(H,57,78)(H,61,71)(H,62,73)(H,63,74)(H,64,77)(H,65,76)(H,66,72)(H,67,75)(H4,54,55,58);1H3,(H,3,4)/t36-,37?,38?,39?,40?,41?,42?,43-;/m0./s1. The molecular formula is C55H77N15O13. The van der Waals surface area contributed by atoms with Crippen LogP contribution in [-0.4, -0.2) is 175 Å². The van der Waals surface area contributed by atoms with Crippen LogP contribution in [-0.2, 0) is 67.2 Å². The van der Waals surface area contributed by atoms with E-state index in [1.54, 1.807) is 19.2 Å². The monoisotopic (exact) mass is 1160 g/mol. The molecule has 9 amide bonds. The fraction of sp³-hybridized carbons (Fsp3) is 0.491. The maximum atomic E-state index is 14.6. The molecule has 0 spiro atoms. The summed E-state index contributed by atoms with van der Waals surface area (Å²) in [5.74, 6) is -7.39. The molecule has 6 unspecified atom stereocenters. The van der Waals surface area contributed by atoms with E-state index in [2.05, 4.69) is 62.5 Å². The van der Waals surface area contributed by atoms with Gasteiger partial charge in [-0.25, -0.2) is 4.98 Å². The first-order valence-electron chi connectivity index (χ1n) is 27.4. The van der Waals surface area contributed by atoms with E-state index >= 15 is 0 Å². The summed E-state index contributed by atoms with van der Waals surface area (Å²) in [5.41, 5.74) is 13.3. The number of aliphatic hydroxyl groups excluding tert-OH is 1. The Morgan fingerprint density at radius 2 is 1.37 bits per heavy atom. The number of nitrogens with zero attached hydrogens (tertiary/aromatic N) is 3. The van der Waals surface area contributed by atoms with Crippen molar-refractivity contribution in [1.82, 2.24) is 62.4 Å². The van der Waals surface area contributed by atoms with Crippen molar-refractivity contribution in [3.8, 4) is 5.75 Å². The molecule has 28 nitrogen and oxygen atoms in total. The summed E-state index contributed by atoms with van der Waals surface area (Å²) in [6.45, 7) is 6.26. The number of carboxylic acids is 1. The quantitative estimate of drug-likeness (QED) is 0.0168. The number of aliphatic hydroxyl groups is 1. The van der Waals surface area contributed by atoms with Crippen LogP contribution in [0.25, 0.3) is 10.9 Å². The molecule has 83 heavy (non-hydrogen) atoms. The van der Waals surface area contributed by atoms with E-state index in [1.807, 2.05) is 32.0 Å². The normalized spacial score (nSPS) is 16.7. The third-order valence-electron chi connectivity index (χ3n) is 13.6. The number of aliphatic imine (C=N–C) groups is 1. The van der Waals surface area contributed by atoms with Crippen molar-refractivity contribution in [1.29, 1.82) is 0 Å². The van der Waals surface area contributed by atoms with Gasteiger partial charge in [0.1, 0.15) is 54.1 Å². The highest BCUT2D eigenvalue weighted by molar-refractivity contribution is 5.99. The molecule has 0 aliphatic carbocycles. The number of benzene rings is 2. The van der Waals surface area contributed by atoms with Gasteiger partial charge in [-0.1, -0.05) is 44.2 Å². The lowest BCUT2D eigenvalue weighted by Gasteiger charge is -2.30. The zero-order valence-electron chi connectivity index (χ0n) is 46.9. The molecule has 4 heterocycles. The number of aromatic hydroxyl groups is 1. The van der Waals surface area contributed by atoms with Crippen LogP contribution in [0.2, 0.25) is 0 Å². The Balaban J connectivity index is 0.00000305. The van der Waals surface area contributed by atoms with Crippen LogP contribution < -0.4 is 54.0 Å². The number of para-hydroxylation sites is 1. The van der Waals surface area contributed by atoms with Gasteiger partial charge >= 0.3 is 0 Å². The molecule has 17 N–H and O–H groups in total. The van der Waals surface area contributed by atoms with E-state index in [0.717, 1.165) is 17.8 Å². The molecule has 2 fully saturated rings. The highest BCUT2D eigenvalue weighted by Crippen LogP contribution is 2.22. The minimum Gasteiger partial charge on any atom is -0.508 e. The van der Waals surface area contributed by atoms with Gasteiger partial charge in [-0.3, -0.25) is 52.9 Å². The number of aromatic amines is 2. The number of carbonyl (C=O) groups is 10. The minimum atomic E-state index is -1.73. The predicted molar refractivity (Wildman–Crippen MR) is 302 cm³/mol. The van der Waals surface area contributed by atoms with E-state index in [0.29, 0.717) is 36.2 Å². The first kappa shape index (κ1) is 64.7. The lowest BCUT2D eigenvalue weighted by Crippen LogP contribution is -2.61. The molecule has 0 saturated carbocycles. The number of fused-ring (bicyclic) bond motifs is 1. The van der Waals surface area contributed by atoms with Gasteiger partial charge in [0.15, 0.2) is 5.96 Å². The van der Waals surface area contributed by atoms with Gasteiger partial charge in [0.2, 0.25) is 53.2 Å². The second-order valence-electron chi connectivity index (χ2n) is 20.6. The largest absolute Gasteiger partial charge is 0.508 e. The number of carboxylic acid groups (broad SMARTS) is 1. The Kier molecular flexibility index (Phi) is 24.8. The maximum absolute atomic E-state index is 14.6. The van der Waals surface area contributed by atoms with E-state index in [9.17, 15) is 53.4 Å². The Morgan fingerprint density at radius 1 is 0.771 bits per heavy atom.